The van der Waals surface area contributed by atoms with Gasteiger partial charge < -0.3 is 4.74 Å². The predicted molar refractivity (Wildman–Crippen MR) is 66.9 cm³/mol. The van der Waals surface area contributed by atoms with Crippen LogP contribution in [0.3, 0.4) is 0 Å². The molecule has 1 aromatic heterocycles. The van der Waals surface area contributed by atoms with Gasteiger partial charge in [-0.25, -0.2) is 9.97 Å². The first kappa shape index (κ1) is 11.5. The van der Waals surface area contributed by atoms with E-state index >= 15 is 0 Å². The monoisotopic (exact) mass is 338 g/mol. The van der Waals surface area contributed by atoms with Crippen molar-refractivity contribution >= 4 is 34.2 Å². The molecule has 0 radical (unpaired) electrons. The van der Waals surface area contributed by atoms with Crippen LogP contribution >= 0.6 is 34.2 Å². The standard InChI is InChI=1S/C10H12ClIN2O/c1-15-5-7-9(12)10(11)14-8(13-7)4-6-2-3-6/h6H,2-5H2,1H3. The number of nitrogens with zero attached hydrogens (tertiary/aromatic N) is 2. The summed E-state index contributed by atoms with van der Waals surface area (Å²) in [7, 11) is 1.66. The molecule has 0 N–H and O–H groups in total. The van der Waals surface area contributed by atoms with Crippen LogP contribution in [0.4, 0.5) is 0 Å². The molecule has 0 amide bonds. The van der Waals surface area contributed by atoms with E-state index < -0.39 is 0 Å². The summed E-state index contributed by atoms with van der Waals surface area (Å²) < 4.78 is 5.98. The van der Waals surface area contributed by atoms with E-state index in [2.05, 4.69) is 32.6 Å². The number of halogens is 2. The Morgan fingerprint density at radius 2 is 2.20 bits per heavy atom. The molecule has 5 heteroatoms. The molecule has 3 nitrogen and oxygen atoms in total. The number of ether oxygens (including phenoxy) is 1. The second-order valence-electron chi connectivity index (χ2n) is 3.77. The lowest BCUT2D eigenvalue weighted by molar-refractivity contribution is 0.180. The van der Waals surface area contributed by atoms with Gasteiger partial charge in [0.15, 0.2) is 0 Å². The lowest BCUT2D eigenvalue weighted by atomic mass is 10.3. The highest BCUT2D eigenvalue weighted by Crippen LogP contribution is 2.32. The van der Waals surface area contributed by atoms with Gasteiger partial charge in [0.1, 0.15) is 11.0 Å². The van der Waals surface area contributed by atoms with Crippen molar-refractivity contribution in [3.63, 3.8) is 0 Å². The summed E-state index contributed by atoms with van der Waals surface area (Å²) in [6.07, 6.45) is 3.55. The molecule has 1 heterocycles. The number of rotatable bonds is 4. The van der Waals surface area contributed by atoms with Crippen molar-refractivity contribution in [2.24, 2.45) is 5.92 Å². The molecule has 0 saturated heterocycles. The number of methoxy groups -OCH3 is 1. The average molecular weight is 339 g/mol. The SMILES string of the molecule is COCc1nc(CC2CC2)nc(Cl)c1I. The fourth-order valence-corrected chi connectivity index (χ4v) is 2.02. The van der Waals surface area contributed by atoms with Crippen molar-refractivity contribution in [3.05, 3.63) is 20.2 Å². The molecule has 1 aliphatic carbocycles. The zero-order chi connectivity index (χ0) is 10.8. The molecule has 1 aromatic rings. The van der Waals surface area contributed by atoms with E-state index in [1.54, 1.807) is 7.11 Å². The minimum Gasteiger partial charge on any atom is -0.378 e. The topological polar surface area (TPSA) is 35.0 Å². The van der Waals surface area contributed by atoms with Crippen molar-refractivity contribution in [3.8, 4) is 0 Å². The molecule has 0 bridgehead atoms. The van der Waals surface area contributed by atoms with E-state index in [0.29, 0.717) is 11.8 Å². The van der Waals surface area contributed by atoms with Gasteiger partial charge in [-0.2, -0.15) is 0 Å². The van der Waals surface area contributed by atoms with E-state index in [4.69, 9.17) is 16.3 Å². The number of hydrogen-bond acceptors (Lipinski definition) is 3. The Morgan fingerprint density at radius 1 is 1.47 bits per heavy atom. The molecule has 0 aliphatic heterocycles. The molecule has 1 saturated carbocycles. The third-order valence-corrected chi connectivity index (χ3v) is 4.10. The molecule has 15 heavy (non-hydrogen) atoms. The van der Waals surface area contributed by atoms with E-state index in [-0.39, 0.29) is 0 Å². The molecular formula is C10H12ClIN2O. The third kappa shape index (κ3) is 3.01. The van der Waals surface area contributed by atoms with Crippen LogP contribution in [0.25, 0.3) is 0 Å². The summed E-state index contributed by atoms with van der Waals surface area (Å²) >= 11 is 8.20. The maximum atomic E-state index is 6.04. The first-order chi connectivity index (χ1) is 7.20. The number of aromatic nitrogens is 2. The maximum Gasteiger partial charge on any atom is 0.146 e. The predicted octanol–water partition coefficient (Wildman–Crippen LogP) is 2.83. The van der Waals surface area contributed by atoms with Gasteiger partial charge in [0.05, 0.1) is 15.9 Å². The molecule has 0 spiro atoms. The van der Waals surface area contributed by atoms with Gasteiger partial charge in [-0.05, 0) is 41.4 Å². The fraction of sp³-hybridized carbons (Fsp3) is 0.600. The fourth-order valence-electron chi connectivity index (χ4n) is 1.42. The van der Waals surface area contributed by atoms with Crippen molar-refractivity contribution in [1.29, 1.82) is 0 Å². The van der Waals surface area contributed by atoms with Crippen LogP contribution in [0.15, 0.2) is 0 Å². The zero-order valence-electron chi connectivity index (χ0n) is 8.46. The largest absolute Gasteiger partial charge is 0.378 e. The van der Waals surface area contributed by atoms with Crippen LogP contribution in [0, 0.1) is 9.49 Å². The van der Waals surface area contributed by atoms with E-state index in [1.165, 1.54) is 12.8 Å². The van der Waals surface area contributed by atoms with Gasteiger partial charge in [-0.15, -0.1) is 0 Å². The third-order valence-electron chi connectivity index (χ3n) is 2.37. The average Bonchev–Trinajstić information content (AvgIpc) is 2.98. The van der Waals surface area contributed by atoms with Gasteiger partial charge >= 0.3 is 0 Å². The van der Waals surface area contributed by atoms with Gasteiger partial charge in [0.2, 0.25) is 0 Å². The Balaban J connectivity index is 2.23. The lowest BCUT2D eigenvalue weighted by Crippen LogP contribution is -2.05. The summed E-state index contributed by atoms with van der Waals surface area (Å²) in [5, 5.41) is 0.549. The highest BCUT2D eigenvalue weighted by Gasteiger charge is 2.23. The van der Waals surface area contributed by atoms with Crippen molar-refractivity contribution in [1.82, 2.24) is 9.97 Å². The smallest absolute Gasteiger partial charge is 0.146 e. The first-order valence-electron chi connectivity index (χ1n) is 4.90. The quantitative estimate of drug-likeness (QED) is 0.625. The highest BCUT2D eigenvalue weighted by molar-refractivity contribution is 14.1. The van der Waals surface area contributed by atoms with Crippen LogP contribution in [0.5, 0.6) is 0 Å². The second kappa shape index (κ2) is 4.93. The van der Waals surface area contributed by atoms with Gasteiger partial charge in [-0.1, -0.05) is 11.6 Å². The van der Waals surface area contributed by atoms with Gasteiger partial charge in [-0.3, -0.25) is 0 Å². The van der Waals surface area contributed by atoms with Crippen LogP contribution in [-0.2, 0) is 17.8 Å². The maximum absolute atomic E-state index is 6.04. The zero-order valence-corrected chi connectivity index (χ0v) is 11.4. The molecule has 1 fully saturated rings. The van der Waals surface area contributed by atoms with E-state index in [0.717, 1.165) is 27.4 Å². The van der Waals surface area contributed by atoms with Crippen molar-refractivity contribution in [2.45, 2.75) is 25.9 Å². The first-order valence-corrected chi connectivity index (χ1v) is 6.36. The second-order valence-corrected chi connectivity index (χ2v) is 5.21. The Morgan fingerprint density at radius 3 is 2.80 bits per heavy atom. The van der Waals surface area contributed by atoms with E-state index in [9.17, 15) is 0 Å². The summed E-state index contributed by atoms with van der Waals surface area (Å²) in [5.41, 5.74) is 0.897. The molecule has 1 aliphatic rings. The van der Waals surface area contributed by atoms with Crippen molar-refractivity contribution < 1.29 is 4.74 Å². The highest BCUT2D eigenvalue weighted by atomic mass is 127. The number of hydrogen-bond donors (Lipinski definition) is 0. The summed E-state index contributed by atoms with van der Waals surface area (Å²) in [4.78, 5) is 8.76. The molecule has 0 aromatic carbocycles. The summed E-state index contributed by atoms with van der Waals surface area (Å²) in [6, 6.07) is 0. The lowest BCUT2D eigenvalue weighted by Gasteiger charge is -2.06. The summed E-state index contributed by atoms with van der Waals surface area (Å²) in [5.74, 6) is 1.63. The molecule has 82 valence electrons. The van der Waals surface area contributed by atoms with Gasteiger partial charge in [0, 0.05) is 13.5 Å². The molecular weight excluding hydrogens is 326 g/mol. The Hall–Kier alpha value is 0.0600. The van der Waals surface area contributed by atoms with Crippen LogP contribution in [0.2, 0.25) is 5.15 Å². The van der Waals surface area contributed by atoms with Gasteiger partial charge in [0.25, 0.3) is 0 Å². The minimum atomic E-state index is 0.498. The van der Waals surface area contributed by atoms with E-state index in [1.807, 2.05) is 0 Å². The molecule has 0 atom stereocenters. The summed E-state index contributed by atoms with van der Waals surface area (Å²) in [6.45, 7) is 0.498. The molecule has 0 unspecified atom stereocenters. The van der Waals surface area contributed by atoms with Crippen LogP contribution in [-0.4, -0.2) is 17.1 Å². The molecule has 2 rings (SSSR count). The Kier molecular flexibility index (Phi) is 3.79. The Bertz CT molecular complexity index is 369. The minimum absolute atomic E-state index is 0.498. The van der Waals surface area contributed by atoms with Crippen LogP contribution < -0.4 is 0 Å². The normalized spacial score (nSPS) is 15.7. The van der Waals surface area contributed by atoms with Crippen LogP contribution in [0.1, 0.15) is 24.4 Å². The van der Waals surface area contributed by atoms with Crippen molar-refractivity contribution in [2.75, 3.05) is 7.11 Å². The Labute approximate surface area is 108 Å².